The molecule has 6 amide bonds. The summed E-state index contributed by atoms with van der Waals surface area (Å²) in [5.41, 5.74) is 4.00. The molecule has 3 fully saturated rings. The molecule has 0 aromatic heterocycles. The third kappa shape index (κ3) is 9.44. The Labute approximate surface area is 274 Å². The van der Waals surface area contributed by atoms with Gasteiger partial charge in [-0.3, -0.25) is 24.0 Å². The summed E-state index contributed by atoms with van der Waals surface area (Å²) in [6, 6.07) is -4.38. The van der Waals surface area contributed by atoms with Gasteiger partial charge in [0.1, 0.15) is 18.1 Å². The number of likely N-dealkylation sites (tertiary alicyclic amines) is 2. The second kappa shape index (κ2) is 15.2. The number of carbonyl (C=O) groups is 6. The van der Waals surface area contributed by atoms with Crippen molar-refractivity contribution in [2.45, 2.75) is 131 Å². The van der Waals surface area contributed by atoms with E-state index in [1.54, 1.807) is 4.90 Å². The van der Waals surface area contributed by atoms with Gasteiger partial charge in [-0.15, -0.1) is 0 Å². The number of amides is 6. The lowest BCUT2D eigenvalue weighted by atomic mass is 9.80. The van der Waals surface area contributed by atoms with E-state index in [0.29, 0.717) is 32.5 Å². The second-order valence-corrected chi connectivity index (χ2v) is 16.2. The van der Waals surface area contributed by atoms with E-state index in [9.17, 15) is 28.8 Å². The smallest absolute Gasteiger partial charge is 0.316 e. The molecule has 260 valence electrons. The first-order valence-electron chi connectivity index (χ1n) is 17.1. The zero-order chi connectivity index (χ0) is 34.6. The minimum absolute atomic E-state index is 0.0125. The number of nitrogens with zero attached hydrogens (tertiary/aromatic N) is 2. The number of hydrogen-bond donors (Lipinski definition) is 4. The lowest BCUT2D eigenvalue weighted by Gasteiger charge is -2.38. The predicted octanol–water partition coefficient (Wildman–Crippen LogP) is 2.73. The second-order valence-electron chi connectivity index (χ2n) is 16.2. The van der Waals surface area contributed by atoms with Crippen molar-refractivity contribution >= 4 is 35.4 Å². The molecule has 1 saturated carbocycles. The Morgan fingerprint density at radius 2 is 1.33 bits per heavy atom. The van der Waals surface area contributed by atoms with Crippen LogP contribution in [0.25, 0.3) is 0 Å². The molecule has 12 nitrogen and oxygen atoms in total. The first-order chi connectivity index (χ1) is 21.3. The number of Topliss-reactive ketones (excluding diaryl/α,β-unsaturated/α-hetero) is 1. The number of hydrogen-bond acceptors (Lipinski definition) is 6. The van der Waals surface area contributed by atoms with Crippen molar-refractivity contribution in [2.24, 2.45) is 34.3 Å². The van der Waals surface area contributed by atoms with Gasteiger partial charge >= 0.3 is 6.03 Å². The molecule has 5 atom stereocenters. The molecule has 1 aliphatic carbocycles. The Morgan fingerprint density at radius 1 is 0.783 bits per heavy atom. The van der Waals surface area contributed by atoms with Gasteiger partial charge in [-0.1, -0.05) is 74.7 Å². The van der Waals surface area contributed by atoms with E-state index < -0.39 is 64.5 Å². The molecule has 1 unspecified atom stereocenters. The van der Waals surface area contributed by atoms with Crippen LogP contribution in [0.3, 0.4) is 0 Å². The number of nitrogens with one attached hydrogen (secondary N) is 3. The van der Waals surface area contributed by atoms with Crippen LogP contribution in [-0.2, 0) is 24.0 Å². The van der Waals surface area contributed by atoms with E-state index in [-0.39, 0.29) is 23.7 Å². The van der Waals surface area contributed by atoms with E-state index in [0.717, 1.165) is 38.5 Å². The molecule has 3 aliphatic rings. The van der Waals surface area contributed by atoms with Crippen molar-refractivity contribution in [3.63, 3.8) is 0 Å². The highest BCUT2D eigenvalue weighted by Gasteiger charge is 2.47. The van der Waals surface area contributed by atoms with E-state index in [1.807, 2.05) is 55.4 Å². The third-order valence-corrected chi connectivity index (χ3v) is 9.98. The monoisotopic (exact) mass is 646 g/mol. The molecular formula is C34H58N6O6. The predicted molar refractivity (Wildman–Crippen MR) is 175 cm³/mol. The number of rotatable bonds is 11. The number of piperidine rings is 1. The van der Waals surface area contributed by atoms with Crippen LogP contribution in [0.1, 0.15) is 107 Å². The summed E-state index contributed by atoms with van der Waals surface area (Å²) in [5, 5.41) is 8.49. The zero-order valence-electron chi connectivity index (χ0n) is 29.2. The maximum atomic E-state index is 14.3. The fourth-order valence-electron chi connectivity index (χ4n) is 6.64. The van der Waals surface area contributed by atoms with Crippen LogP contribution >= 0.6 is 0 Å². The Hall–Kier alpha value is -3.18. The van der Waals surface area contributed by atoms with Gasteiger partial charge < -0.3 is 31.5 Å². The highest BCUT2D eigenvalue weighted by molar-refractivity contribution is 6.37. The maximum absolute atomic E-state index is 14.3. The topological polar surface area (TPSA) is 171 Å². The highest BCUT2D eigenvalue weighted by Crippen LogP contribution is 2.34. The summed E-state index contributed by atoms with van der Waals surface area (Å²) in [7, 11) is 0. The number of urea groups is 1. The summed E-state index contributed by atoms with van der Waals surface area (Å²) >= 11 is 0. The first-order valence-corrected chi connectivity index (χ1v) is 17.1. The van der Waals surface area contributed by atoms with Gasteiger partial charge in [-0.25, -0.2) is 4.79 Å². The van der Waals surface area contributed by atoms with E-state index in [2.05, 4.69) is 16.0 Å². The van der Waals surface area contributed by atoms with Crippen molar-refractivity contribution in [3.05, 3.63) is 0 Å². The van der Waals surface area contributed by atoms with Crippen LogP contribution in [0.2, 0.25) is 0 Å². The van der Waals surface area contributed by atoms with Gasteiger partial charge in [-0.05, 0) is 60.7 Å². The summed E-state index contributed by atoms with van der Waals surface area (Å²) in [4.78, 5) is 82.9. The molecule has 2 saturated heterocycles. The van der Waals surface area contributed by atoms with E-state index in [1.165, 1.54) is 4.90 Å². The van der Waals surface area contributed by atoms with Crippen molar-refractivity contribution in [3.8, 4) is 0 Å². The Bertz CT molecular complexity index is 1150. The standard InChI is InChI=1S/C34H58N6O6/c1-20(2)22-18-24(29(43)36-23(25(41)28(35)42)17-21-13-12-14-21)40(19-22)31(45)27(34(6,7)8)38-32(46)37-26(33(3,4)5)30(44)39-15-10-9-11-16-39/h20-24,26-27H,9-19H2,1-8H3,(H2,35,42)(H,36,43)(H2,37,38,46)/t22-,23?,24+,26-,27-/m1/s1. The van der Waals surface area contributed by atoms with Crippen molar-refractivity contribution < 1.29 is 28.8 Å². The third-order valence-electron chi connectivity index (χ3n) is 9.98. The summed E-state index contributed by atoms with van der Waals surface area (Å²) in [6.07, 6.45) is 6.52. The van der Waals surface area contributed by atoms with Gasteiger partial charge in [-0.2, -0.15) is 0 Å². The van der Waals surface area contributed by atoms with Gasteiger partial charge in [0.05, 0.1) is 6.04 Å². The number of carbonyl (C=O) groups excluding carboxylic acids is 6. The quantitative estimate of drug-likeness (QED) is 0.252. The minimum atomic E-state index is -1.10. The van der Waals surface area contributed by atoms with E-state index in [4.69, 9.17) is 5.73 Å². The molecule has 0 spiro atoms. The lowest BCUT2D eigenvalue weighted by Crippen LogP contribution is -2.63. The zero-order valence-corrected chi connectivity index (χ0v) is 29.2. The van der Waals surface area contributed by atoms with Gasteiger partial charge in [0, 0.05) is 19.6 Å². The summed E-state index contributed by atoms with van der Waals surface area (Å²) in [5.74, 6) is -2.59. The molecule has 0 aromatic carbocycles. The van der Waals surface area contributed by atoms with Crippen molar-refractivity contribution in [1.29, 1.82) is 0 Å². The van der Waals surface area contributed by atoms with Crippen molar-refractivity contribution in [2.75, 3.05) is 19.6 Å². The molecule has 3 rings (SSSR count). The highest BCUT2D eigenvalue weighted by atomic mass is 16.2. The minimum Gasteiger partial charge on any atom is -0.363 e. The van der Waals surface area contributed by atoms with Crippen LogP contribution in [0.15, 0.2) is 0 Å². The van der Waals surface area contributed by atoms with Gasteiger partial charge in [0.15, 0.2) is 0 Å². The molecule has 2 heterocycles. The molecule has 46 heavy (non-hydrogen) atoms. The van der Waals surface area contributed by atoms with Crippen LogP contribution < -0.4 is 21.7 Å². The Kier molecular flexibility index (Phi) is 12.3. The normalized spacial score (nSPS) is 22.8. The Morgan fingerprint density at radius 3 is 1.78 bits per heavy atom. The number of nitrogens with two attached hydrogens (primary N) is 1. The van der Waals surface area contributed by atoms with Crippen LogP contribution in [0.4, 0.5) is 4.79 Å². The maximum Gasteiger partial charge on any atom is 0.316 e. The molecular weight excluding hydrogens is 588 g/mol. The molecule has 0 radical (unpaired) electrons. The first kappa shape index (κ1) is 37.3. The summed E-state index contributed by atoms with van der Waals surface area (Å²) < 4.78 is 0. The van der Waals surface area contributed by atoms with Crippen molar-refractivity contribution in [1.82, 2.24) is 25.8 Å². The van der Waals surface area contributed by atoms with Crippen LogP contribution in [0, 0.1) is 28.6 Å². The SMILES string of the molecule is CC(C)[C@@H]1C[C@@H](C(=O)NC(CC2CCC2)C(=O)C(N)=O)N(C(=O)[C@@H](NC(=O)N[C@H](C(=O)N2CCCCC2)C(C)(C)C)C(C)(C)C)C1. The van der Waals surface area contributed by atoms with Gasteiger partial charge in [0.25, 0.3) is 5.91 Å². The van der Waals surface area contributed by atoms with E-state index >= 15 is 0 Å². The molecule has 0 aromatic rings. The number of primary amides is 1. The largest absolute Gasteiger partial charge is 0.363 e. The van der Waals surface area contributed by atoms with Gasteiger partial charge in [0.2, 0.25) is 23.5 Å². The molecule has 12 heteroatoms. The lowest BCUT2D eigenvalue weighted by molar-refractivity contribution is -0.143. The molecule has 2 aliphatic heterocycles. The Balaban J connectivity index is 1.82. The fraction of sp³-hybridized carbons (Fsp3) is 0.824. The van der Waals surface area contributed by atoms with Crippen LogP contribution in [0.5, 0.6) is 0 Å². The molecule has 0 bridgehead atoms. The molecule has 5 N–H and O–H groups in total. The fourth-order valence-corrected chi connectivity index (χ4v) is 6.64. The summed E-state index contributed by atoms with van der Waals surface area (Å²) in [6.45, 7) is 16.9. The number of ketones is 1. The average Bonchev–Trinajstić information content (AvgIpc) is 3.40. The van der Waals surface area contributed by atoms with Crippen LogP contribution in [-0.4, -0.2) is 89.0 Å². The average molecular weight is 647 g/mol.